The van der Waals surface area contributed by atoms with Gasteiger partial charge in [0.15, 0.2) is 0 Å². The summed E-state index contributed by atoms with van der Waals surface area (Å²) in [5.41, 5.74) is 1.30. The van der Waals surface area contributed by atoms with Crippen LogP contribution in [0.3, 0.4) is 0 Å². The molecule has 130 valence electrons. The average molecular weight is 358 g/mol. The minimum Gasteiger partial charge on any atom is -0.465 e. The predicted molar refractivity (Wildman–Crippen MR) is 93.2 cm³/mol. The van der Waals surface area contributed by atoms with Gasteiger partial charge in [0.05, 0.1) is 19.2 Å². The monoisotopic (exact) mass is 358 g/mol. The molecule has 0 radical (unpaired) electrons. The van der Waals surface area contributed by atoms with Crippen molar-refractivity contribution in [3.63, 3.8) is 0 Å². The molecule has 3 rings (SSSR count). The molecular formula is C18H18N2O4S. The van der Waals surface area contributed by atoms with Gasteiger partial charge in [0, 0.05) is 17.8 Å². The van der Waals surface area contributed by atoms with Gasteiger partial charge in [-0.15, -0.1) is 11.3 Å². The highest BCUT2D eigenvalue weighted by Crippen LogP contribution is 2.19. The normalized spacial score (nSPS) is 17.3. The van der Waals surface area contributed by atoms with Crippen LogP contribution in [0.25, 0.3) is 0 Å². The number of hydrogen-bond acceptors (Lipinski definition) is 5. The second-order valence-electron chi connectivity index (χ2n) is 5.73. The van der Waals surface area contributed by atoms with Gasteiger partial charge < -0.3 is 15.0 Å². The van der Waals surface area contributed by atoms with Crippen molar-refractivity contribution in [3.8, 4) is 0 Å². The fraction of sp³-hybridized carbons (Fsp3) is 0.278. The molecule has 1 aromatic heterocycles. The molecule has 0 aliphatic carbocycles. The van der Waals surface area contributed by atoms with Gasteiger partial charge in [-0.1, -0.05) is 18.2 Å². The van der Waals surface area contributed by atoms with Crippen molar-refractivity contribution in [3.05, 3.63) is 57.8 Å². The van der Waals surface area contributed by atoms with Crippen LogP contribution in [0.15, 0.2) is 41.8 Å². The molecule has 0 saturated carbocycles. The molecule has 6 nitrogen and oxygen atoms in total. The van der Waals surface area contributed by atoms with Gasteiger partial charge in [-0.25, -0.2) is 4.79 Å². The molecule has 2 heterocycles. The van der Waals surface area contributed by atoms with E-state index in [9.17, 15) is 14.4 Å². The molecule has 2 amide bonds. The number of esters is 1. The van der Waals surface area contributed by atoms with E-state index in [1.807, 2.05) is 17.5 Å². The van der Waals surface area contributed by atoms with Crippen LogP contribution in [0, 0.1) is 0 Å². The van der Waals surface area contributed by atoms with Gasteiger partial charge in [0.25, 0.3) is 0 Å². The SMILES string of the molecule is COC(=O)c1ccc(CN2C(=O)CNC(=O)[C@H]2Cc2cccs2)cc1. The van der Waals surface area contributed by atoms with Gasteiger partial charge in [-0.05, 0) is 29.1 Å². The van der Waals surface area contributed by atoms with E-state index >= 15 is 0 Å². The van der Waals surface area contributed by atoms with E-state index in [-0.39, 0.29) is 18.4 Å². The fourth-order valence-electron chi connectivity index (χ4n) is 2.78. The summed E-state index contributed by atoms with van der Waals surface area (Å²) >= 11 is 1.57. The Balaban J connectivity index is 1.78. The predicted octanol–water partition coefficient (Wildman–Crippen LogP) is 1.60. The third-order valence-electron chi connectivity index (χ3n) is 4.12. The summed E-state index contributed by atoms with van der Waals surface area (Å²) in [7, 11) is 1.33. The van der Waals surface area contributed by atoms with Crippen molar-refractivity contribution >= 4 is 29.1 Å². The molecule has 1 N–H and O–H groups in total. The van der Waals surface area contributed by atoms with E-state index < -0.39 is 12.0 Å². The quantitative estimate of drug-likeness (QED) is 0.824. The Morgan fingerprint density at radius 2 is 2.04 bits per heavy atom. The van der Waals surface area contributed by atoms with Crippen molar-refractivity contribution in [2.45, 2.75) is 19.0 Å². The summed E-state index contributed by atoms with van der Waals surface area (Å²) in [4.78, 5) is 38.8. The van der Waals surface area contributed by atoms with Gasteiger partial charge >= 0.3 is 5.97 Å². The molecule has 2 aromatic rings. The minimum absolute atomic E-state index is 0.0139. The highest BCUT2D eigenvalue weighted by molar-refractivity contribution is 7.09. The summed E-state index contributed by atoms with van der Waals surface area (Å²) in [5, 5.41) is 4.61. The third kappa shape index (κ3) is 3.88. The first-order valence-electron chi connectivity index (χ1n) is 7.85. The Bertz CT molecular complexity index is 771. The molecule has 0 bridgehead atoms. The smallest absolute Gasteiger partial charge is 0.337 e. The van der Waals surface area contributed by atoms with Crippen LogP contribution >= 0.6 is 11.3 Å². The van der Waals surface area contributed by atoms with Gasteiger partial charge in [-0.2, -0.15) is 0 Å². The zero-order chi connectivity index (χ0) is 17.8. The molecule has 0 unspecified atom stereocenters. The van der Waals surface area contributed by atoms with E-state index in [1.54, 1.807) is 40.5 Å². The third-order valence-corrected chi connectivity index (χ3v) is 5.01. The van der Waals surface area contributed by atoms with Crippen LogP contribution in [0.2, 0.25) is 0 Å². The molecule has 1 saturated heterocycles. The number of nitrogens with zero attached hydrogens (tertiary/aromatic N) is 1. The number of benzene rings is 1. The number of carbonyl (C=O) groups is 3. The maximum Gasteiger partial charge on any atom is 0.337 e. The highest BCUT2D eigenvalue weighted by Gasteiger charge is 2.34. The second-order valence-corrected chi connectivity index (χ2v) is 6.76. The van der Waals surface area contributed by atoms with Crippen molar-refractivity contribution in [2.75, 3.05) is 13.7 Å². The number of thiophene rings is 1. The molecule has 7 heteroatoms. The highest BCUT2D eigenvalue weighted by atomic mass is 32.1. The first-order chi connectivity index (χ1) is 12.1. The van der Waals surface area contributed by atoms with Crippen LogP contribution < -0.4 is 5.32 Å². The summed E-state index contributed by atoms with van der Waals surface area (Å²) in [6, 6.07) is 10.2. The zero-order valence-electron chi connectivity index (χ0n) is 13.7. The number of hydrogen-bond donors (Lipinski definition) is 1. The lowest BCUT2D eigenvalue weighted by Gasteiger charge is -2.35. The number of piperazine rings is 1. The first kappa shape index (κ1) is 17.2. The molecule has 1 aromatic carbocycles. The van der Waals surface area contributed by atoms with Gasteiger partial charge in [-0.3, -0.25) is 9.59 Å². The topological polar surface area (TPSA) is 75.7 Å². The lowest BCUT2D eigenvalue weighted by molar-refractivity contribution is -0.146. The van der Waals surface area contributed by atoms with Crippen molar-refractivity contribution < 1.29 is 19.1 Å². The molecular weight excluding hydrogens is 340 g/mol. The van der Waals surface area contributed by atoms with Crippen LogP contribution in [0.4, 0.5) is 0 Å². The lowest BCUT2D eigenvalue weighted by Crippen LogP contribution is -2.58. The van der Waals surface area contributed by atoms with Crippen LogP contribution in [-0.4, -0.2) is 42.4 Å². The lowest BCUT2D eigenvalue weighted by atomic mass is 10.0. The van der Waals surface area contributed by atoms with Crippen LogP contribution in [0.5, 0.6) is 0 Å². The number of amides is 2. The maximum absolute atomic E-state index is 12.3. The van der Waals surface area contributed by atoms with E-state index in [0.717, 1.165) is 10.4 Å². The molecule has 1 aliphatic rings. The summed E-state index contributed by atoms with van der Waals surface area (Å²) in [6.45, 7) is 0.337. The van der Waals surface area contributed by atoms with E-state index in [1.165, 1.54) is 7.11 Å². The molecule has 1 fully saturated rings. The fourth-order valence-corrected chi connectivity index (χ4v) is 3.52. The average Bonchev–Trinajstić information content (AvgIpc) is 3.14. The zero-order valence-corrected chi connectivity index (χ0v) is 14.5. The minimum atomic E-state index is -0.528. The Morgan fingerprint density at radius 3 is 2.68 bits per heavy atom. The van der Waals surface area contributed by atoms with Crippen molar-refractivity contribution in [1.29, 1.82) is 0 Å². The number of carbonyl (C=O) groups excluding carboxylic acids is 3. The second kappa shape index (κ2) is 7.48. The van der Waals surface area contributed by atoms with E-state index in [0.29, 0.717) is 18.5 Å². The maximum atomic E-state index is 12.3. The van der Waals surface area contributed by atoms with Gasteiger partial charge in [0.2, 0.25) is 11.8 Å². The largest absolute Gasteiger partial charge is 0.465 e. The van der Waals surface area contributed by atoms with Crippen LogP contribution in [0.1, 0.15) is 20.8 Å². The van der Waals surface area contributed by atoms with Gasteiger partial charge in [0.1, 0.15) is 6.04 Å². The molecule has 25 heavy (non-hydrogen) atoms. The molecule has 0 spiro atoms. The Morgan fingerprint density at radius 1 is 1.28 bits per heavy atom. The standard InChI is InChI=1S/C18H18N2O4S/c1-24-18(23)13-6-4-12(5-7-13)11-20-15(9-14-3-2-8-25-14)17(22)19-10-16(20)21/h2-8,15H,9-11H2,1H3,(H,19,22)/t15-/m1/s1. The van der Waals surface area contributed by atoms with Crippen LogP contribution in [-0.2, 0) is 27.3 Å². The number of rotatable bonds is 5. The number of nitrogens with one attached hydrogen (secondary N) is 1. The Kier molecular flexibility index (Phi) is 5.14. The van der Waals surface area contributed by atoms with Crippen molar-refractivity contribution in [1.82, 2.24) is 10.2 Å². The summed E-state index contributed by atoms with van der Waals surface area (Å²) in [6.07, 6.45) is 0.496. The first-order valence-corrected chi connectivity index (χ1v) is 8.73. The number of methoxy groups -OCH3 is 1. The van der Waals surface area contributed by atoms with E-state index in [4.69, 9.17) is 0 Å². The number of ether oxygens (including phenoxy) is 1. The Labute approximate surface area is 149 Å². The molecule has 1 atom stereocenters. The summed E-state index contributed by atoms with van der Waals surface area (Å²) in [5.74, 6) is -0.659. The van der Waals surface area contributed by atoms with E-state index in [2.05, 4.69) is 10.1 Å². The molecule has 1 aliphatic heterocycles. The summed E-state index contributed by atoms with van der Waals surface area (Å²) < 4.78 is 4.68. The van der Waals surface area contributed by atoms with Crippen molar-refractivity contribution in [2.24, 2.45) is 0 Å². The Hall–Kier alpha value is -2.67.